The van der Waals surface area contributed by atoms with E-state index in [1.54, 1.807) is 38.0 Å². The van der Waals surface area contributed by atoms with Crippen LogP contribution in [0.1, 0.15) is 16.1 Å². The third-order valence-corrected chi connectivity index (χ3v) is 6.11. The Morgan fingerprint density at radius 1 is 1.00 bits per heavy atom. The zero-order valence-electron chi connectivity index (χ0n) is 19.3. The topological polar surface area (TPSA) is 84.3 Å². The number of ketones is 1. The molecule has 1 saturated heterocycles. The lowest BCUT2D eigenvalue weighted by Gasteiger charge is -2.33. The molecule has 0 aliphatic carbocycles. The summed E-state index contributed by atoms with van der Waals surface area (Å²) in [4.78, 5) is 35.6. The van der Waals surface area contributed by atoms with Gasteiger partial charge in [-0.1, -0.05) is 0 Å². The maximum Gasteiger partial charge on any atom is 0.169 e. The summed E-state index contributed by atoms with van der Waals surface area (Å²) in [5.41, 5.74) is 3.77. The van der Waals surface area contributed by atoms with Crippen LogP contribution in [0.2, 0.25) is 0 Å². The lowest BCUT2D eigenvalue weighted by atomic mass is 10.1. The SMILES string of the molecule is COc1cncc(-c2ccc3cnc(CC(=O)c4ccnc(N5CCN(C)CC5)c4)cc3n2)c1. The van der Waals surface area contributed by atoms with Gasteiger partial charge < -0.3 is 14.5 Å². The zero-order valence-corrected chi connectivity index (χ0v) is 19.3. The fourth-order valence-corrected chi connectivity index (χ4v) is 4.05. The molecule has 34 heavy (non-hydrogen) atoms. The van der Waals surface area contributed by atoms with Crippen molar-refractivity contribution < 1.29 is 9.53 Å². The van der Waals surface area contributed by atoms with Gasteiger partial charge in [0.1, 0.15) is 11.6 Å². The van der Waals surface area contributed by atoms with Gasteiger partial charge in [-0.15, -0.1) is 0 Å². The number of rotatable bonds is 6. The van der Waals surface area contributed by atoms with E-state index < -0.39 is 0 Å². The first-order valence-electron chi connectivity index (χ1n) is 11.3. The number of likely N-dealkylation sites (N-methyl/N-ethyl adjacent to an activating group) is 1. The van der Waals surface area contributed by atoms with E-state index in [1.807, 2.05) is 30.3 Å². The highest BCUT2D eigenvalue weighted by Gasteiger charge is 2.17. The maximum absolute atomic E-state index is 13.1. The van der Waals surface area contributed by atoms with Gasteiger partial charge in [0.05, 0.1) is 36.6 Å². The van der Waals surface area contributed by atoms with Gasteiger partial charge in [-0.25, -0.2) is 9.97 Å². The number of hydrogen-bond acceptors (Lipinski definition) is 8. The van der Waals surface area contributed by atoms with Crippen molar-refractivity contribution >= 4 is 22.5 Å². The molecule has 4 aromatic heterocycles. The van der Waals surface area contributed by atoms with E-state index >= 15 is 0 Å². The van der Waals surface area contributed by atoms with Crippen LogP contribution in [0.3, 0.4) is 0 Å². The Labute approximate surface area is 198 Å². The van der Waals surface area contributed by atoms with Crippen LogP contribution in [0, 0.1) is 0 Å². The van der Waals surface area contributed by atoms with Crippen LogP contribution in [-0.4, -0.2) is 71.0 Å². The van der Waals surface area contributed by atoms with E-state index in [2.05, 4.69) is 31.8 Å². The quantitative estimate of drug-likeness (QED) is 0.411. The molecule has 5 heterocycles. The normalized spacial score (nSPS) is 14.4. The Morgan fingerprint density at radius 2 is 1.85 bits per heavy atom. The zero-order chi connectivity index (χ0) is 23.5. The monoisotopic (exact) mass is 454 g/mol. The van der Waals surface area contributed by atoms with Crippen molar-refractivity contribution in [2.75, 3.05) is 45.2 Å². The van der Waals surface area contributed by atoms with Crippen molar-refractivity contribution in [3.63, 3.8) is 0 Å². The number of carbonyl (C=O) groups excluding carboxylic acids is 1. The van der Waals surface area contributed by atoms with E-state index in [9.17, 15) is 4.79 Å². The first-order valence-corrected chi connectivity index (χ1v) is 11.3. The Morgan fingerprint density at radius 3 is 2.68 bits per heavy atom. The lowest BCUT2D eigenvalue weighted by molar-refractivity contribution is 0.0992. The second kappa shape index (κ2) is 9.52. The van der Waals surface area contributed by atoms with Gasteiger partial charge in [-0.3, -0.25) is 14.8 Å². The number of pyridine rings is 4. The molecule has 0 spiro atoms. The van der Waals surface area contributed by atoms with Gasteiger partial charge >= 0.3 is 0 Å². The standard InChI is InChI=1S/C26H26N6O2/c1-31-7-9-32(10-8-31)26-12-18(5-6-28-26)25(33)14-21-13-24-19(16-29-21)3-4-23(30-24)20-11-22(34-2)17-27-15-20/h3-6,11-13,15-17H,7-10,14H2,1-2H3. The highest BCUT2D eigenvalue weighted by atomic mass is 16.5. The van der Waals surface area contributed by atoms with Crippen LogP contribution in [-0.2, 0) is 6.42 Å². The minimum atomic E-state index is 0.0118. The molecule has 0 saturated carbocycles. The highest BCUT2D eigenvalue weighted by Crippen LogP contribution is 2.24. The van der Waals surface area contributed by atoms with Crippen molar-refractivity contribution in [3.8, 4) is 17.0 Å². The Hall–Kier alpha value is -3.91. The number of ether oxygens (including phenoxy) is 1. The third-order valence-electron chi connectivity index (χ3n) is 6.11. The summed E-state index contributed by atoms with van der Waals surface area (Å²) in [6.07, 6.45) is 7.09. The smallest absolute Gasteiger partial charge is 0.169 e. The predicted octanol–water partition coefficient (Wildman–Crippen LogP) is 3.27. The molecule has 0 radical (unpaired) electrons. The largest absolute Gasteiger partial charge is 0.495 e. The van der Waals surface area contributed by atoms with Gasteiger partial charge in [0.25, 0.3) is 0 Å². The Balaban J connectivity index is 1.36. The number of Topliss-reactive ketones (excluding diaryl/α,β-unsaturated/α-hetero) is 1. The average Bonchev–Trinajstić information content (AvgIpc) is 2.89. The average molecular weight is 455 g/mol. The van der Waals surface area contributed by atoms with E-state index in [1.165, 1.54) is 0 Å². The molecule has 1 aliphatic rings. The number of nitrogens with zero attached hydrogens (tertiary/aromatic N) is 6. The summed E-state index contributed by atoms with van der Waals surface area (Å²) in [6.45, 7) is 3.79. The van der Waals surface area contributed by atoms with Crippen molar-refractivity contribution in [1.82, 2.24) is 24.8 Å². The highest BCUT2D eigenvalue weighted by molar-refractivity contribution is 5.98. The first kappa shape index (κ1) is 21.9. The van der Waals surface area contributed by atoms with Crippen LogP contribution in [0.5, 0.6) is 5.75 Å². The van der Waals surface area contributed by atoms with Gasteiger partial charge in [-0.2, -0.15) is 0 Å². The summed E-state index contributed by atoms with van der Waals surface area (Å²) in [7, 11) is 3.73. The van der Waals surface area contributed by atoms with Crippen molar-refractivity contribution in [2.24, 2.45) is 0 Å². The molecule has 0 amide bonds. The molecule has 0 unspecified atom stereocenters. The molecule has 1 fully saturated rings. The molecular weight excluding hydrogens is 428 g/mol. The number of methoxy groups -OCH3 is 1. The van der Waals surface area contributed by atoms with Crippen LogP contribution < -0.4 is 9.64 Å². The molecule has 4 aromatic rings. The number of fused-ring (bicyclic) bond motifs is 1. The van der Waals surface area contributed by atoms with E-state index in [-0.39, 0.29) is 12.2 Å². The van der Waals surface area contributed by atoms with Crippen LogP contribution in [0.15, 0.2) is 61.2 Å². The molecule has 8 nitrogen and oxygen atoms in total. The van der Waals surface area contributed by atoms with Crippen molar-refractivity contribution in [1.29, 1.82) is 0 Å². The van der Waals surface area contributed by atoms with Gasteiger partial charge in [0.15, 0.2) is 5.78 Å². The number of piperazine rings is 1. The molecular formula is C26H26N6O2. The maximum atomic E-state index is 13.1. The Kier molecular flexibility index (Phi) is 6.14. The number of anilines is 1. The van der Waals surface area contributed by atoms with Crippen molar-refractivity contribution in [3.05, 3.63) is 72.4 Å². The van der Waals surface area contributed by atoms with Crippen LogP contribution in [0.25, 0.3) is 22.2 Å². The lowest BCUT2D eigenvalue weighted by Crippen LogP contribution is -2.44. The summed E-state index contributed by atoms with van der Waals surface area (Å²) in [5, 5.41) is 0.914. The molecule has 172 valence electrons. The summed E-state index contributed by atoms with van der Waals surface area (Å²) in [5.74, 6) is 1.54. The number of carbonyl (C=O) groups is 1. The molecule has 0 aromatic carbocycles. The fourth-order valence-electron chi connectivity index (χ4n) is 4.05. The summed E-state index contributed by atoms with van der Waals surface area (Å²) >= 11 is 0. The van der Waals surface area contributed by atoms with Crippen molar-refractivity contribution in [2.45, 2.75) is 6.42 Å². The molecule has 0 N–H and O–H groups in total. The van der Waals surface area contributed by atoms with Gasteiger partial charge in [-0.05, 0) is 43.4 Å². The minimum absolute atomic E-state index is 0.0118. The molecule has 8 heteroatoms. The minimum Gasteiger partial charge on any atom is -0.495 e. The van der Waals surface area contributed by atoms with Gasteiger partial charge in [0, 0.05) is 61.3 Å². The van der Waals surface area contributed by atoms with Gasteiger partial charge in [0.2, 0.25) is 0 Å². The predicted molar refractivity (Wildman–Crippen MR) is 131 cm³/mol. The third kappa shape index (κ3) is 4.72. The summed E-state index contributed by atoms with van der Waals surface area (Å²) in [6, 6.07) is 11.3. The second-order valence-electron chi connectivity index (χ2n) is 8.47. The molecule has 0 bridgehead atoms. The van der Waals surface area contributed by atoms with E-state index in [0.29, 0.717) is 17.0 Å². The molecule has 0 atom stereocenters. The van der Waals surface area contributed by atoms with E-state index in [4.69, 9.17) is 9.72 Å². The fraction of sp³-hybridized carbons (Fsp3) is 0.269. The molecule has 1 aliphatic heterocycles. The van der Waals surface area contributed by atoms with Crippen LogP contribution >= 0.6 is 0 Å². The summed E-state index contributed by atoms with van der Waals surface area (Å²) < 4.78 is 5.27. The number of aromatic nitrogens is 4. The Bertz CT molecular complexity index is 1330. The first-order chi connectivity index (χ1) is 16.6. The molecule has 5 rings (SSSR count). The van der Waals surface area contributed by atoms with Crippen LogP contribution in [0.4, 0.5) is 5.82 Å². The second-order valence-corrected chi connectivity index (χ2v) is 8.47. The van der Waals surface area contributed by atoms with E-state index in [0.717, 1.165) is 54.2 Å². The number of hydrogen-bond donors (Lipinski definition) is 0.